The third kappa shape index (κ3) is 4.11. The Kier molecular flexibility index (Phi) is 5.68. The maximum atomic E-state index is 12.5. The van der Waals surface area contributed by atoms with Crippen LogP contribution in [-0.2, 0) is 4.79 Å². The number of benzene rings is 2. The number of nitrogens with zero attached hydrogens (tertiary/aromatic N) is 2. The van der Waals surface area contributed by atoms with Crippen molar-refractivity contribution in [1.29, 1.82) is 0 Å². The van der Waals surface area contributed by atoms with Crippen LogP contribution in [0.1, 0.15) is 19.8 Å². The number of nitrogens with one attached hydrogen (secondary N) is 1. The number of aromatic hydroxyl groups is 1. The molecule has 2 aromatic carbocycles. The lowest BCUT2D eigenvalue weighted by atomic mass is 10.2. The average molecular weight is 416 g/mol. The lowest BCUT2D eigenvalue weighted by Gasteiger charge is -2.14. The van der Waals surface area contributed by atoms with Gasteiger partial charge < -0.3 is 14.8 Å². The number of aromatic nitrogens is 1. The lowest BCUT2D eigenvalue weighted by Crippen LogP contribution is -2.25. The molecule has 2 N–H and O–H groups in total. The van der Waals surface area contributed by atoms with Crippen molar-refractivity contribution in [2.75, 3.05) is 0 Å². The minimum absolute atomic E-state index is 0.122. The summed E-state index contributed by atoms with van der Waals surface area (Å²) in [5.74, 6) is -0.0202. The van der Waals surface area contributed by atoms with Crippen LogP contribution in [0.2, 0.25) is 0 Å². The highest BCUT2D eigenvalue weighted by Gasteiger charge is 2.20. The molecule has 0 saturated carbocycles. The number of halogens is 1. The first-order chi connectivity index (χ1) is 12.6. The lowest BCUT2D eigenvalue weighted by molar-refractivity contribution is -0.125. The van der Waals surface area contributed by atoms with Gasteiger partial charge in [0.1, 0.15) is 5.75 Å². The maximum absolute atomic E-state index is 12.5. The van der Waals surface area contributed by atoms with Gasteiger partial charge in [-0.05, 0) is 36.8 Å². The summed E-state index contributed by atoms with van der Waals surface area (Å²) in [7, 11) is 0. The molecular weight excluding hydrogens is 398 g/mol. The van der Waals surface area contributed by atoms with Gasteiger partial charge in [0.05, 0.1) is 5.52 Å². The van der Waals surface area contributed by atoms with Crippen molar-refractivity contribution in [2.24, 2.45) is 10.2 Å². The number of para-hydroxylation sites is 1. The zero-order valence-corrected chi connectivity index (χ0v) is 15.7. The zero-order valence-electron chi connectivity index (χ0n) is 14.1. The molecule has 0 fully saturated rings. The zero-order chi connectivity index (χ0) is 18.5. The van der Waals surface area contributed by atoms with E-state index in [9.17, 15) is 9.90 Å². The number of H-pyrrole nitrogens is 1. The predicted octanol–water partition coefficient (Wildman–Crippen LogP) is 5.49. The van der Waals surface area contributed by atoms with E-state index in [1.807, 2.05) is 37.3 Å². The second-order valence-electron chi connectivity index (χ2n) is 5.76. The molecule has 3 rings (SSSR count). The van der Waals surface area contributed by atoms with Crippen molar-refractivity contribution in [3.05, 3.63) is 53.0 Å². The monoisotopic (exact) mass is 415 g/mol. The van der Waals surface area contributed by atoms with Crippen molar-refractivity contribution in [3.8, 4) is 11.6 Å². The Morgan fingerprint density at radius 2 is 1.96 bits per heavy atom. The van der Waals surface area contributed by atoms with Gasteiger partial charge in [0.15, 0.2) is 11.8 Å². The first-order valence-corrected chi connectivity index (χ1v) is 9.05. The Bertz CT molecular complexity index is 935. The number of fused-ring (bicyclic) bond motifs is 1. The van der Waals surface area contributed by atoms with Crippen molar-refractivity contribution in [3.63, 3.8) is 0 Å². The first-order valence-electron chi connectivity index (χ1n) is 8.26. The number of ether oxygens (including phenoxy) is 1. The highest BCUT2D eigenvalue weighted by atomic mass is 79.9. The number of rotatable bonds is 6. The fraction of sp³-hybridized carbons (Fsp3) is 0.211. The molecule has 0 bridgehead atoms. The summed E-state index contributed by atoms with van der Waals surface area (Å²) in [6, 6.07) is 14.5. The van der Waals surface area contributed by atoms with E-state index in [1.54, 1.807) is 18.2 Å². The molecule has 0 saturated heterocycles. The third-order valence-electron chi connectivity index (χ3n) is 3.83. The largest absolute Gasteiger partial charge is 0.493 e. The van der Waals surface area contributed by atoms with Crippen molar-refractivity contribution in [2.45, 2.75) is 25.9 Å². The standard InChI is InChI=1S/C19H18BrN3O3/c1-2-5-16(26-13-10-8-12(20)9-11-13)18(24)23-22-17-14-6-3-4-7-15(14)21-19(17)25/h3-4,6-11,16,21,25H,2,5H2,1H3. The van der Waals surface area contributed by atoms with Crippen LogP contribution < -0.4 is 4.74 Å². The van der Waals surface area contributed by atoms with Gasteiger partial charge in [-0.2, -0.15) is 0 Å². The quantitative estimate of drug-likeness (QED) is 0.521. The van der Waals surface area contributed by atoms with Crippen LogP contribution in [0.5, 0.6) is 11.6 Å². The fourth-order valence-electron chi connectivity index (χ4n) is 2.55. The van der Waals surface area contributed by atoms with E-state index in [2.05, 4.69) is 31.1 Å². The molecule has 0 aliphatic carbocycles. The normalized spacial score (nSPS) is 12.5. The van der Waals surface area contributed by atoms with Crippen molar-refractivity contribution < 1.29 is 14.6 Å². The molecule has 1 atom stereocenters. The minimum Gasteiger partial charge on any atom is -0.493 e. The molecule has 3 aromatic rings. The Morgan fingerprint density at radius 3 is 2.69 bits per heavy atom. The molecular formula is C19H18BrN3O3. The highest BCUT2D eigenvalue weighted by Crippen LogP contribution is 2.35. The summed E-state index contributed by atoms with van der Waals surface area (Å²) in [6.07, 6.45) is 0.562. The SMILES string of the molecule is CCCC(Oc1ccc(Br)cc1)C(=O)N=Nc1c(O)[nH]c2ccccc12. The topological polar surface area (TPSA) is 87.0 Å². The Balaban J connectivity index is 1.79. The number of carbonyl (C=O) groups is 1. The van der Waals surface area contributed by atoms with E-state index in [1.165, 1.54) is 0 Å². The first kappa shape index (κ1) is 18.1. The Hall–Kier alpha value is -2.67. The predicted molar refractivity (Wildman–Crippen MR) is 103 cm³/mol. The van der Waals surface area contributed by atoms with Crippen LogP contribution in [0.4, 0.5) is 5.69 Å². The maximum Gasteiger partial charge on any atom is 0.305 e. The minimum atomic E-state index is -0.725. The summed E-state index contributed by atoms with van der Waals surface area (Å²) < 4.78 is 6.69. The third-order valence-corrected chi connectivity index (χ3v) is 4.36. The van der Waals surface area contributed by atoms with Gasteiger partial charge in [0, 0.05) is 9.86 Å². The molecule has 1 unspecified atom stereocenters. The summed E-state index contributed by atoms with van der Waals surface area (Å²) in [5, 5.41) is 18.4. The molecule has 1 aromatic heterocycles. The van der Waals surface area contributed by atoms with E-state index < -0.39 is 12.0 Å². The second kappa shape index (κ2) is 8.14. The van der Waals surface area contributed by atoms with Gasteiger partial charge in [-0.15, -0.1) is 10.2 Å². The molecule has 134 valence electrons. The molecule has 0 radical (unpaired) electrons. The van der Waals surface area contributed by atoms with E-state index in [0.717, 1.165) is 16.4 Å². The number of hydrogen-bond acceptors (Lipinski definition) is 4. The van der Waals surface area contributed by atoms with Gasteiger partial charge in [-0.25, -0.2) is 0 Å². The second-order valence-corrected chi connectivity index (χ2v) is 6.67. The van der Waals surface area contributed by atoms with E-state index >= 15 is 0 Å². The molecule has 0 spiro atoms. The number of hydrogen-bond donors (Lipinski definition) is 2. The number of amides is 1. The van der Waals surface area contributed by atoms with Gasteiger partial charge in [-0.1, -0.05) is 47.5 Å². The van der Waals surface area contributed by atoms with E-state index in [0.29, 0.717) is 17.6 Å². The molecule has 7 heteroatoms. The molecule has 0 aliphatic rings. The van der Waals surface area contributed by atoms with Crippen LogP contribution in [0.3, 0.4) is 0 Å². The van der Waals surface area contributed by atoms with Gasteiger partial charge >= 0.3 is 5.91 Å². The molecule has 0 aliphatic heterocycles. The van der Waals surface area contributed by atoms with Crippen LogP contribution in [0, 0.1) is 0 Å². The molecule has 1 amide bonds. The number of azo groups is 1. The fourth-order valence-corrected chi connectivity index (χ4v) is 2.81. The van der Waals surface area contributed by atoms with Crippen molar-refractivity contribution in [1.82, 2.24) is 4.98 Å². The molecule has 26 heavy (non-hydrogen) atoms. The van der Waals surface area contributed by atoms with E-state index in [4.69, 9.17) is 4.74 Å². The molecule has 6 nitrogen and oxygen atoms in total. The Morgan fingerprint density at radius 1 is 1.23 bits per heavy atom. The summed E-state index contributed by atoms with van der Waals surface area (Å²) in [6.45, 7) is 1.97. The summed E-state index contributed by atoms with van der Waals surface area (Å²) in [4.78, 5) is 15.3. The van der Waals surface area contributed by atoms with Crippen LogP contribution in [0.25, 0.3) is 10.9 Å². The average Bonchev–Trinajstić information content (AvgIpc) is 2.96. The number of aromatic amines is 1. The summed E-state index contributed by atoms with van der Waals surface area (Å²) >= 11 is 3.36. The van der Waals surface area contributed by atoms with Gasteiger partial charge in [-0.3, -0.25) is 4.79 Å². The van der Waals surface area contributed by atoms with E-state index in [-0.39, 0.29) is 11.6 Å². The van der Waals surface area contributed by atoms with Gasteiger partial charge in [0.25, 0.3) is 0 Å². The van der Waals surface area contributed by atoms with Crippen LogP contribution in [-0.4, -0.2) is 22.1 Å². The van der Waals surface area contributed by atoms with Crippen molar-refractivity contribution >= 4 is 38.4 Å². The summed E-state index contributed by atoms with van der Waals surface area (Å²) in [5.41, 5.74) is 0.968. The van der Waals surface area contributed by atoms with Crippen LogP contribution >= 0.6 is 15.9 Å². The highest BCUT2D eigenvalue weighted by molar-refractivity contribution is 9.10. The molecule has 1 heterocycles. The number of carbonyl (C=O) groups excluding carboxylic acids is 1. The Labute approximate surface area is 159 Å². The smallest absolute Gasteiger partial charge is 0.305 e. The van der Waals surface area contributed by atoms with Crippen LogP contribution in [0.15, 0.2) is 63.2 Å². The van der Waals surface area contributed by atoms with Gasteiger partial charge in [0.2, 0.25) is 5.88 Å².